The van der Waals surface area contributed by atoms with Crippen molar-refractivity contribution < 1.29 is 9.59 Å². The molecule has 2 amide bonds. The van der Waals surface area contributed by atoms with Crippen LogP contribution in [0.3, 0.4) is 0 Å². The standard InChI is InChI=1S/C16H22N2O2/c1-16(2,13-8-4-3-5-9-13)15(20)17-12-14(19)18-10-6-7-11-18/h3-5,8-9H,6-7,10-12H2,1-2H3,(H,17,20). The highest BCUT2D eigenvalue weighted by Gasteiger charge is 2.30. The van der Waals surface area contributed by atoms with Crippen LogP contribution in [-0.2, 0) is 15.0 Å². The van der Waals surface area contributed by atoms with E-state index >= 15 is 0 Å². The molecule has 0 unspecified atom stereocenters. The Labute approximate surface area is 120 Å². The molecule has 108 valence electrons. The fourth-order valence-electron chi connectivity index (χ4n) is 2.44. The van der Waals surface area contributed by atoms with Gasteiger partial charge in [-0.1, -0.05) is 30.3 Å². The molecule has 0 radical (unpaired) electrons. The van der Waals surface area contributed by atoms with E-state index < -0.39 is 5.41 Å². The van der Waals surface area contributed by atoms with Gasteiger partial charge in [-0.05, 0) is 32.3 Å². The largest absolute Gasteiger partial charge is 0.346 e. The number of hydrogen-bond donors (Lipinski definition) is 1. The molecule has 1 N–H and O–H groups in total. The van der Waals surface area contributed by atoms with Crippen molar-refractivity contribution in [1.82, 2.24) is 10.2 Å². The molecule has 4 heteroatoms. The zero-order valence-corrected chi connectivity index (χ0v) is 12.2. The van der Waals surface area contributed by atoms with Crippen LogP contribution in [0.15, 0.2) is 30.3 Å². The topological polar surface area (TPSA) is 49.4 Å². The van der Waals surface area contributed by atoms with Crippen LogP contribution >= 0.6 is 0 Å². The van der Waals surface area contributed by atoms with Gasteiger partial charge in [0.15, 0.2) is 0 Å². The number of nitrogens with zero attached hydrogens (tertiary/aromatic N) is 1. The van der Waals surface area contributed by atoms with Crippen molar-refractivity contribution >= 4 is 11.8 Å². The maximum absolute atomic E-state index is 12.3. The molecule has 1 aromatic rings. The molecule has 1 saturated heterocycles. The minimum absolute atomic E-state index is 0.0136. The normalized spacial score (nSPS) is 15.2. The first-order chi connectivity index (χ1) is 9.51. The van der Waals surface area contributed by atoms with Crippen molar-refractivity contribution in [3.8, 4) is 0 Å². The van der Waals surface area contributed by atoms with Crippen LogP contribution in [0.1, 0.15) is 32.3 Å². The molecule has 0 atom stereocenters. The predicted molar refractivity (Wildman–Crippen MR) is 78.3 cm³/mol. The molecule has 1 fully saturated rings. The quantitative estimate of drug-likeness (QED) is 0.908. The number of nitrogens with one attached hydrogen (secondary N) is 1. The van der Waals surface area contributed by atoms with E-state index in [1.165, 1.54) is 0 Å². The average molecular weight is 274 g/mol. The summed E-state index contributed by atoms with van der Waals surface area (Å²) in [5, 5.41) is 2.77. The lowest BCUT2D eigenvalue weighted by Crippen LogP contribution is -2.45. The molecule has 0 saturated carbocycles. The first-order valence-electron chi connectivity index (χ1n) is 7.13. The Morgan fingerprint density at radius 2 is 1.75 bits per heavy atom. The third-order valence-corrected chi connectivity index (χ3v) is 3.92. The first-order valence-corrected chi connectivity index (χ1v) is 7.13. The zero-order valence-electron chi connectivity index (χ0n) is 12.2. The van der Waals surface area contributed by atoms with Gasteiger partial charge in [-0.25, -0.2) is 0 Å². The van der Waals surface area contributed by atoms with Gasteiger partial charge in [-0.2, -0.15) is 0 Å². The summed E-state index contributed by atoms with van der Waals surface area (Å²) >= 11 is 0. The minimum atomic E-state index is -0.632. The van der Waals surface area contributed by atoms with E-state index in [9.17, 15) is 9.59 Å². The molecule has 0 aliphatic carbocycles. The second kappa shape index (κ2) is 6.07. The van der Waals surface area contributed by atoms with E-state index in [1.807, 2.05) is 49.1 Å². The summed E-state index contributed by atoms with van der Waals surface area (Å²) in [5.41, 5.74) is 0.318. The molecular weight excluding hydrogens is 252 g/mol. The van der Waals surface area contributed by atoms with Gasteiger partial charge >= 0.3 is 0 Å². The molecule has 1 aromatic carbocycles. The van der Waals surface area contributed by atoms with E-state index in [0.29, 0.717) is 0 Å². The number of amides is 2. The van der Waals surface area contributed by atoms with Gasteiger partial charge in [0.2, 0.25) is 11.8 Å². The van der Waals surface area contributed by atoms with Crippen molar-refractivity contribution in [3.63, 3.8) is 0 Å². The molecule has 4 nitrogen and oxygen atoms in total. The van der Waals surface area contributed by atoms with Gasteiger partial charge in [0, 0.05) is 13.1 Å². The van der Waals surface area contributed by atoms with Crippen LogP contribution in [0.4, 0.5) is 0 Å². The van der Waals surface area contributed by atoms with E-state index in [4.69, 9.17) is 0 Å². The zero-order chi connectivity index (χ0) is 14.6. The van der Waals surface area contributed by atoms with Gasteiger partial charge in [0.25, 0.3) is 0 Å². The summed E-state index contributed by atoms with van der Waals surface area (Å²) in [6.45, 7) is 5.47. The Kier molecular flexibility index (Phi) is 4.42. The van der Waals surface area contributed by atoms with Crippen molar-refractivity contribution in [3.05, 3.63) is 35.9 Å². The summed E-state index contributed by atoms with van der Waals surface area (Å²) in [4.78, 5) is 26.0. The molecule has 1 heterocycles. The highest BCUT2D eigenvalue weighted by molar-refractivity contribution is 5.91. The fraction of sp³-hybridized carbons (Fsp3) is 0.500. The van der Waals surface area contributed by atoms with Gasteiger partial charge < -0.3 is 10.2 Å². The van der Waals surface area contributed by atoms with Crippen LogP contribution in [0.5, 0.6) is 0 Å². The number of carbonyl (C=O) groups is 2. The molecule has 0 aromatic heterocycles. The maximum atomic E-state index is 12.3. The summed E-state index contributed by atoms with van der Waals surface area (Å²) in [7, 11) is 0. The lowest BCUT2D eigenvalue weighted by Gasteiger charge is -2.24. The third kappa shape index (κ3) is 3.18. The van der Waals surface area contributed by atoms with Crippen LogP contribution in [-0.4, -0.2) is 36.3 Å². The summed E-state index contributed by atoms with van der Waals surface area (Å²) < 4.78 is 0. The highest BCUT2D eigenvalue weighted by Crippen LogP contribution is 2.22. The Morgan fingerprint density at radius 3 is 2.35 bits per heavy atom. The van der Waals surface area contributed by atoms with E-state index in [0.717, 1.165) is 31.5 Å². The lowest BCUT2D eigenvalue weighted by atomic mass is 9.84. The number of carbonyl (C=O) groups excluding carboxylic acids is 2. The summed E-state index contributed by atoms with van der Waals surface area (Å²) in [6.07, 6.45) is 2.13. The lowest BCUT2D eigenvalue weighted by molar-refractivity contribution is -0.133. The molecule has 20 heavy (non-hydrogen) atoms. The van der Waals surface area contributed by atoms with Gasteiger partial charge in [0.05, 0.1) is 12.0 Å². The fourth-order valence-corrected chi connectivity index (χ4v) is 2.44. The predicted octanol–water partition coefficient (Wildman–Crippen LogP) is 1.70. The molecule has 0 spiro atoms. The van der Waals surface area contributed by atoms with E-state index in [-0.39, 0.29) is 18.4 Å². The number of hydrogen-bond acceptors (Lipinski definition) is 2. The SMILES string of the molecule is CC(C)(C(=O)NCC(=O)N1CCCC1)c1ccccc1. The molecular formula is C16H22N2O2. The smallest absolute Gasteiger partial charge is 0.241 e. The van der Waals surface area contributed by atoms with Crippen LogP contribution in [0, 0.1) is 0 Å². The van der Waals surface area contributed by atoms with Crippen molar-refractivity contribution in [1.29, 1.82) is 0 Å². The van der Waals surface area contributed by atoms with Crippen LogP contribution in [0.2, 0.25) is 0 Å². The Bertz CT molecular complexity index is 477. The monoisotopic (exact) mass is 274 g/mol. The minimum Gasteiger partial charge on any atom is -0.346 e. The van der Waals surface area contributed by atoms with Crippen molar-refractivity contribution in [2.24, 2.45) is 0 Å². The molecule has 0 bridgehead atoms. The van der Waals surface area contributed by atoms with Gasteiger partial charge in [0.1, 0.15) is 0 Å². The molecule has 1 aliphatic rings. The van der Waals surface area contributed by atoms with Crippen molar-refractivity contribution in [2.75, 3.05) is 19.6 Å². The molecule has 1 aliphatic heterocycles. The number of likely N-dealkylation sites (tertiary alicyclic amines) is 1. The number of rotatable bonds is 4. The highest BCUT2D eigenvalue weighted by atomic mass is 16.2. The maximum Gasteiger partial charge on any atom is 0.241 e. The van der Waals surface area contributed by atoms with Gasteiger partial charge in [-0.3, -0.25) is 9.59 Å². The molecule has 2 rings (SSSR count). The van der Waals surface area contributed by atoms with E-state index in [1.54, 1.807) is 0 Å². The van der Waals surface area contributed by atoms with Gasteiger partial charge in [-0.15, -0.1) is 0 Å². The summed E-state index contributed by atoms with van der Waals surface area (Å²) in [5.74, 6) is -0.101. The number of benzene rings is 1. The first kappa shape index (κ1) is 14.6. The Balaban J connectivity index is 1.92. The Hall–Kier alpha value is -1.84. The second-order valence-electron chi connectivity index (χ2n) is 5.76. The van der Waals surface area contributed by atoms with Crippen molar-refractivity contribution in [2.45, 2.75) is 32.1 Å². The second-order valence-corrected chi connectivity index (χ2v) is 5.76. The van der Waals surface area contributed by atoms with E-state index in [2.05, 4.69) is 5.32 Å². The summed E-state index contributed by atoms with van der Waals surface area (Å²) in [6, 6.07) is 9.62. The third-order valence-electron chi connectivity index (χ3n) is 3.92. The van der Waals surface area contributed by atoms with Crippen LogP contribution < -0.4 is 5.32 Å². The van der Waals surface area contributed by atoms with Crippen LogP contribution in [0.25, 0.3) is 0 Å². The average Bonchev–Trinajstić information content (AvgIpc) is 2.99. The Morgan fingerprint density at radius 1 is 1.15 bits per heavy atom.